The highest BCUT2D eigenvalue weighted by Gasteiger charge is 2.24. The summed E-state index contributed by atoms with van der Waals surface area (Å²) in [6, 6.07) is 18.6. The van der Waals surface area contributed by atoms with E-state index in [0.717, 1.165) is 0 Å². The summed E-state index contributed by atoms with van der Waals surface area (Å²) in [6.45, 7) is 1.78. The zero-order valence-corrected chi connectivity index (χ0v) is 18.4. The smallest absolute Gasteiger partial charge is 0.322 e. The van der Waals surface area contributed by atoms with Crippen LogP contribution in [0.4, 0.5) is 14.9 Å². The molecule has 7 nitrogen and oxygen atoms in total. The van der Waals surface area contributed by atoms with E-state index in [-0.39, 0.29) is 11.6 Å². The first-order chi connectivity index (χ1) is 15.9. The number of benzene rings is 3. The molecule has 33 heavy (non-hydrogen) atoms. The lowest BCUT2D eigenvalue weighted by atomic mass is 10.2. The number of methoxy groups -OCH3 is 1. The summed E-state index contributed by atoms with van der Waals surface area (Å²) in [5.41, 5.74) is 1.25. The van der Waals surface area contributed by atoms with Gasteiger partial charge in [-0.2, -0.15) is 0 Å². The molecule has 0 aliphatic rings. The topological polar surface area (TPSA) is 76.5 Å². The largest absolute Gasteiger partial charge is 0.497 e. The average Bonchev–Trinajstić information content (AvgIpc) is 2.84. The Morgan fingerprint density at radius 3 is 2.55 bits per heavy atom. The lowest BCUT2D eigenvalue weighted by molar-refractivity contribution is 0.205. The molecule has 1 aromatic heterocycles. The van der Waals surface area contributed by atoms with E-state index in [4.69, 9.17) is 9.72 Å². The molecule has 0 fully saturated rings. The lowest BCUT2D eigenvalue weighted by Crippen LogP contribution is -2.37. The molecule has 0 radical (unpaired) electrons. The Morgan fingerprint density at radius 2 is 1.82 bits per heavy atom. The second-order valence-corrected chi connectivity index (χ2v) is 7.55. The molecule has 1 heterocycles. The number of aromatic nitrogens is 2. The third-order valence-corrected chi connectivity index (χ3v) is 5.48. The first-order valence-corrected chi connectivity index (χ1v) is 10.3. The number of rotatable bonds is 5. The molecule has 1 atom stereocenters. The van der Waals surface area contributed by atoms with Gasteiger partial charge in [-0.25, -0.2) is 14.2 Å². The number of halogens is 1. The fraction of sp³-hybridized carbons (Fsp3) is 0.160. The van der Waals surface area contributed by atoms with Crippen LogP contribution in [0.2, 0.25) is 0 Å². The van der Waals surface area contributed by atoms with Crippen molar-refractivity contribution >= 4 is 22.6 Å². The normalized spacial score (nSPS) is 11.8. The van der Waals surface area contributed by atoms with Crippen molar-refractivity contribution in [2.75, 3.05) is 19.5 Å². The van der Waals surface area contributed by atoms with Crippen molar-refractivity contribution in [1.82, 2.24) is 14.5 Å². The SMILES string of the molecule is COc1cccc(NC(=O)N(C)C(C)c2nc3ccccc3c(=O)n2-c2ccc(F)cc2)c1. The number of carbonyl (C=O) groups excluding carboxylic acids is 1. The summed E-state index contributed by atoms with van der Waals surface area (Å²) in [7, 11) is 3.17. The first kappa shape index (κ1) is 22.0. The number of para-hydroxylation sites is 1. The minimum atomic E-state index is -0.585. The Kier molecular flexibility index (Phi) is 6.08. The van der Waals surface area contributed by atoms with Crippen molar-refractivity contribution in [3.63, 3.8) is 0 Å². The van der Waals surface area contributed by atoms with E-state index in [1.807, 2.05) is 0 Å². The summed E-state index contributed by atoms with van der Waals surface area (Å²) in [5.74, 6) is 0.559. The van der Waals surface area contributed by atoms with Gasteiger partial charge in [0, 0.05) is 18.8 Å². The van der Waals surface area contributed by atoms with Gasteiger partial charge in [-0.05, 0) is 55.5 Å². The molecule has 0 aliphatic heterocycles. The van der Waals surface area contributed by atoms with E-state index < -0.39 is 11.9 Å². The number of nitrogens with zero attached hydrogens (tertiary/aromatic N) is 3. The highest BCUT2D eigenvalue weighted by atomic mass is 19.1. The van der Waals surface area contributed by atoms with Crippen LogP contribution in [0.25, 0.3) is 16.6 Å². The maximum Gasteiger partial charge on any atom is 0.322 e. The number of ether oxygens (including phenoxy) is 1. The minimum Gasteiger partial charge on any atom is -0.497 e. The summed E-state index contributed by atoms with van der Waals surface area (Å²) in [6.07, 6.45) is 0. The molecule has 0 spiro atoms. The lowest BCUT2D eigenvalue weighted by Gasteiger charge is -2.27. The number of hydrogen-bond donors (Lipinski definition) is 1. The van der Waals surface area contributed by atoms with Crippen molar-refractivity contribution in [2.45, 2.75) is 13.0 Å². The van der Waals surface area contributed by atoms with Crippen molar-refractivity contribution in [3.05, 3.63) is 94.8 Å². The molecule has 3 aromatic carbocycles. The Hall–Kier alpha value is -4.20. The van der Waals surface area contributed by atoms with Crippen molar-refractivity contribution < 1.29 is 13.9 Å². The van der Waals surface area contributed by atoms with Gasteiger partial charge in [0.05, 0.1) is 29.7 Å². The maximum absolute atomic E-state index is 13.5. The van der Waals surface area contributed by atoms with E-state index >= 15 is 0 Å². The van der Waals surface area contributed by atoms with Crippen LogP contribution in [0.1, 0.15) is 18.8 Å². The molecular weight excluding hydrogens is 423 g/mol. The molecule has 0 saturated carbocycles. The zero-order valence-electron chi connectivity index (χ0n) is 18.4. The van der Waals surface area contributed by atoms with Crippen molar-refractivity contribution in [2.24, 2.45) is 0 Å². The van der Waals surface area contributed by atoms with Gasteiger partial charge in [0.15, 0.2) is 0 Å². The molecule has 8 heteroatoms. The average molecular weight is 446 g/mol. The summed E-state index contributed by atoms with van der Waals surface area (Å²) < 4.78 is 20.2. The third-order valence-electron chi connectivity index (χ3n) is 5.48. The number of anilines is 1. The molecule has 4 aromatic rings. The third kappa shape index (κ3) is 4.41. The van der Waals surface area contributed by atoms with Crippen LogP contribution in [-0.2, 0) is 0 Å². The summed E-state index contributed by atoms with van der Waals surface area (Å²) in [5, 5.41) is 3.26. The molecule has 1 unspecified atom stereocenters. The fourth-order valence-electron chi connectivity index (χ4n) is 3.53. The van der Waals surface area contributed by atoms with Gasteiger partial charge < -0.3 is 15.0 Å². The number of amides is 2. The van der Waals surface area contributed by atoms with E-state index in [2.05, 4.69) is 5.32 Å². The Balaban J connectivity index is 1.75. The van der Waals surface area contributed by atoms with Crippen LogP contribution in [0.15, 0.2) is 77.6 Å². The second-order valence-electron chi connectivity index (χ2n) is 7.55. The number of fused-ring (bicyclic) bond motifs is 1. The Morgan fingerprint density at radius 1 is 1.09 bits per heavy atom. The summed E-state index contributed by atoms with van der Waals surface area (Å²) in [4.78, 5) is 32.5. The van der Waals surface area contributed by atoms with Gasteiger partial charge in [-0.3, -0.25) is 9.36 Å². The highest BCUT2D eigenvalue weighted by Crippen LogP contribution is 2.23. The van der Waals surface area contributed by atoms with Crippen LogP contribution in [0.5, 0.6) is 5.75 Å². The van der Waals surface area contributed by atoms with Gasteiger partial charge in [-0.1, -0.05) is 18.2 Å². The monoisotopic (exact) mass is 446 g/mol. The van der Waals surface area contributed by atoms with E-state index in [9.17, 15) is 14.0 Å². The van der Waals surface area contributed by atoms with Crippen LogP contribution in [0.3, 0.4) is 0 Å². The van der Waals surface area contributed by atoms with E-state index in [1.54, 1.807) is 69.6 Å². The van der Waals surface area contributed by atoms with Crippen LogP contribution >= 0.6 is 0 Å². The van der Waals surface area contributed by atoms with Crippen molar-refractivity contribution in [3.8, 4) is 11.4 Å². The van der Waals surface area contributed by atoms with E-state index in [1.165, 1.54) is 33.7 Å². The molecule has 1 N–H and O–H groups in total. The van der Waals surface area contributed by atoms with Gasteiger partial charge in [0.25, 0.3) is 5.56 Å². The quantitative estimate of drug-likeness (QED) is 0.480. The molecule has 4 rings (SSSR count). The number of hydrogen-bond acceptors (Lipinski definition) is 4. The molecule has 168 valence electrons. The molecular formula is C25H23FN4O3. The van der Waals surface area contributed by atoms with Gasteiger partial charge >= 0.3 is 6.03 Å². The summed E-state index contributed by atoms with van der Waals surface area (Å²) >= 11 is 0. The van der Waals surface area contributed by atoms with Gasteiger partial charge in [-0.15, -0.1) is 0 Å². The van der Waals surface area contributed by atoms with Crippen LogP contribution in [-0.4, -0.2) is 34.6 Å². The Bertz CT molecular complexity index is 1370. The number of carbonyl (C=O) groups is 1. The fourth-order valence-corrected chi connectivity index (χ4v) is 3.53. The Labute approximate surface area is 190 Å². The first-order valence-electron chi connectivity index (χ1n) is 10.3. The van der Waals surface area contributed by atoms with Crippen molar-refractivity contribution in [1.29, 1.82) is 0 Å². The minimum absolute atomic E-state index is 0.296. The van der Waals surface area contributed by atoms with E-state index in [0.29, 0.717) is 33.9 Å². The second kappa shape index (κ2) is 9.12. The highest BCUT2D eigenvalue weighted by molar-refractivity contribution is 5.89. The predicted molar refractivity (Wildman–Crippen MR) is 125 cm³/mol. The number of urea groups is 1. The standard InChI is InChI=1S/C25H23FN4O3/c1-16(29(2)25(32)27-18-7-6-8-20(15-18)33-3)23-28-22-10-5-4-9-21(22)24(31)30(23)19-13-11-17(26)12-14-19/h4-16H,1-3H3,(H,27,32). The molecule has 2 amide bonds. The maximum atomic E-state index is 13.5. The van der Waals surface area contributed by atoms with Crippen LogP contribution in [0, 0.1) is 5.82 Å². The zero-order chi connectivity index (χ0) is 23.5. The molecule has 0 bridgehead atoms. The molecule has 0 saturated heterocycles. The molecule has 0 aliphatic carbocycles. The van der Waals surface area contributed by atoms with Gasteiger partial charge in [0.1, 0.15) is 17.4 Å². The van der Waals surface area contributed by atoms with Gasteiger partial charge in [0.2, 0.25) is 0 Å². The van der Waals surface area contributed by atoms with Crippen LogP contribution < -0.4 is 15.6 Å². The number of nitrogens with one attached hydrogen (secondary N) is 1. The predicted octanol–water partition coefficient (Wildman–Crippen LogP) is 4.76.